The molecular formula is C42H72O11. The molecule has 0 aliphatic carbocycles. The van der Waals surface area contributed by atoms with Crippen LogP contribution in [0.15, 0.2) is 36.0 Å². The van der Waals surface area contributed by atoms with E-state index in [0.29, 0.717) is 39.1 Å². The molecule has 1 fully saturated rings. The topological polar surface area (TPSA) is 121 Å². The summed E-state index contributed by atoms with van der Waals surface area (Å²) in [5.74, 6) is -0.715. The predicted molar refractivity (Wildman–Crippen MR) is 205 cm³/mol. The first-order valence-corrected chi connectivity index (χ1v) is 20.0. The van der Waals surface area contributed by atoms with E-state index in [9.17, 15) is 9.59 Å². The van der Waals surface area contributed by atoms with Gasteiger partial charge >= 0.3 is 11.9 Å². The van der Waals surface area contributed by atoms with Crippen molar-refractivity contribution in [2.75, 3.05) is 19.8 Å². The second-order valence-electron chi connectivity index (χ2n) is 14.8. The highest BCUT2D eigenvalue weighted by atomic mass is 16.7. The molecule has 13 unspecified atom stereocenters. The van der Waals surface area contributed by atoms with Gasteiger partial charge in [0.1, 0.15) is 12.2 Å². The summed E-state index contributed by atoms with van der Waals surface area (Å²) in [4.78, 5) is 25.5. The van der Waals surface area contributed by atoms with Crippen LogP contribution in [0, 0.1) is 17.8 Å². The SMILES string of the molecule is CCOC(C)OC1CCC(C)C(OC(C)=O)/C=C/C(C)C(/C(C)=C/C=C/C(C)(CC2OC2C(C)C(CC)OC(C)OCC)OC(C)OCC)OC(=O)C1. The van der Waals surface area contributed by atoms with Crippen LogP contribution in [-0.4, -0.2) is 92.9 Å². The van der Waals surface area contributed by atoms with Crippen LogP contribution in [0.3, 0.4) is 0 Å². The highest BCUT2D eigenvalue weighted by Crippen LogP contribution is 2.40. The highest BCUT2D eigenvalue weighted by molar-refractivity contribution is 5.70. The quantitative estimate of drug-likeness (QED) is 0.0371. The maximum atomic E-state index is 13.4. The highest BCUT2D eigenvalue weighted by Gasteiger charge is 2.49. The van der Waals surface area contributed by atoms with E-state index in [0.717, 1.165) is 12.0 Å². The third-order valence-electron chi connectivity index (χ3n) is 9.92. The number of hydrogen-bond donors (Lipinski definition) is 0. The monoisotopic (exact) mass is 753 g/mol. The fourth-order valence-corrected chi connectivity index (χ4v) is 7.10. The largest absolute Gasteiger partial charge is 0.458 e. The normalized spacial score (nSPS) is 30.5. The second kappa shape index (κ2) is 23.7. The van der Waals surface area contributed by atoms with Crippen molar-refractivity contribution in [3.63, 3.8) is 0 Å². The Hall–Kier alpha value is -2.12. The van der Waals surface area contributed by atoms with Gasteiger partial charge in [-0.2, -0.15) is 0 Å². The van der Waals surface area contributed by atoms with E-state index in [4.69, 9.17) is 42.6 Å². The maximum Gasteiger partial charge on any atom is 0.309 e. The lowest BCUT2D eigenvalue weighted by molar-refractivity contribution is -0.181. The molecule has 0 aromatic rings. The first-order valence-electron chi connectivity index (χ1n) is 20.0. The molecule has 0 bridgehead atoms. The van der Waals surface area contributed by atoms with Gasteiger partial charge in [0.05, 0.1) is 36.4 Å². The Kier molecular flexibility index (Phi) is 21.1. The van der Waals surface area contributed by atoms with Crippen molar-refractivity contribution in [2.24, 2.45) is 17.8 Å². The summed E-state index contributed by atoms with van der Waals surface area (Å²) in [5.41, 5.74) is 0.136. The van der Waals surface area contributed by atoms with Gasteiger partial charge in [0.25, 0.3) is 0 Å². The van der Waals surface area contributed by atoms with Gasteiger partial charge in [0.15, 0.2) is 18.9 Å². The Labute approximate surface area is 320 Å². The van der Waals surface area contributed by atoms with Crippen molar-refractivity contribution in [3.05, 3.63) is 36.0 Å². The molecule has 306 valence electrons. The van der Waals surface area contributed by atoms with Crippen LogP contribution in [0.5, 0.6) is 0 Å². The van der Waals surface area contributed by atoms with Crippen LogP contribution in [0.25, 0.3) is 0 Å². The summed E-state index contributed by atoms with van der Waals surface area (Å²) >= 11 is 0. The Morgan fingerprint density at radius 3 is 2.21 bits per heavy atom. The Morgan fingerprint density at radius 1 is 0.943 bits per heavy atom. The number of carbonyl (C=O) groups is 2. The Bertz CT molecular complexity index is 1170. The average molecular weight is 753 g/mol. The minimum atomic E-state index is -0.713. The van der Waals surface area contributed by atoms with Crippen molar-refractivity contribution in [1.29, 1.82) is 0 Å². The van der Waals surface area contributed by atoms with E-state index in [1.807, 2.05) is 99.6 Å². The number of carbonyl (C=O) groups excluding carboxylic acids is 2. The summed E-state index contributed by atoms with van der Waals surface area (Å²) in [6.07, 6.45) is 10.1. The summed E-state index contributed by atoms with van der Waals surface area (Å²) in [6.45, 7) is 26.8. The van der Waals surface area contributed by atoms with Gasteiger partial charge in [-0.3, -0.25) is 9.59 Å². The number of cyclic esters (lactones) is 1. The van der Waals surface area contributed by atoms with Gasteiger partial charge in [-0.05, 0) is 92.2 Å². The van der Waals surface area contributed by atoms with Crippen molar-refractivity contribution in [3.8, 4) is 0 Å². The molecule has 53 heavy (non-hydrogen) atoms. The molecule has 2 aliphatic rings. The molecule has 13 atom stereocenters. The van der Waals surface area contributed by atoms with Gasteiger partial charge in [-0.25, -0.2) is 0 Å². The van der Waals surface area contributed by atoms with Crippen LogP contribution in [0.1, 0.15) is 122 Å². The molecule has 2 heterocycles. The zero-order chi connectivity index (χ0) is 39.7. The van der Waals surface area contributed by atoms with Crippen molar-refractivity contribution in [2.45, 2.75) is 183 Å². The molecule has 0 aromatic heterocycles. The number of ether oxygens (including phenoxy) is 9. The molecule has 11 nitrogen and oxygen atoms in total. The average Bonchev–Trinajstić information content (AvgIpc) is 3.84. The van der Waals surface area contributed by atoms with Crippen molar-refractivity contribution in [1.82, 2.24) is 0 Å². The number of rotatable bonds is 21. The molecule has 0 radical (unpaired) electrons. The molecule has 2 rings (SSSR count). The molecule has 11 heteroatoms. The fourth-order valence-electron chi connectivity index (χ4n) is 7.10. The lowest BCUT2D eigenvalue weighted by atomic mass is 9.90. The lowest BCUT2D eigenvalue weighted by Gasteiger charge is -2.30. The van der Waals surface area contributed by atoms with E-state index in [-0.39, 0.29) is 60.7 Å². The van der Waals surface area contributed by atoms with E-state index >= 15 is 0 Å². The second-order valence-corrected chi connectivity index (χ2v) is 14.8. The van der Waals surface area contributed by atoms with Crippen LogP contribution >= 0.6 is 0 Å². The molecule has 0 aromatic carbocycles. The molecule has 2 aliphatic heterocycles. The van der Waals surface area contributed by atoms with E-state index in [2.05, 4.69) is 13.8 Å². The number of esters is 2. The van der Waals surface area contributed by atoms with Crippen LogP contribution in [0.4, 0.5) is 0 Å². The van der Waals surface area contributed by atoms with Crippen molar-refractivity contribution >= 4 is 11.9 Å². The van der Waals surface area contributed by atoms with Crippen LogP contribution < -0.4 is 0 Å². The van der Waals surface area contributed by atoms with Crippen LogP contribution in [-0.2, 0) is 52.2 Å². The molecule has 0 spiro atoms. The first-order chi connectivity index (χ1) is 25.1. The minimum absolute atomic E-state index is 0.00863. The Balaban J connectivity index is 2.34. The van der Waals surface area contributed by atoms with E-state index in [1.165, 1.54) is 6.92 Å². The van der Waals surface area contributed by atoms with Gasteiger partial charge in [-0.1, -0.05) is 52.0 Å². The van der Waals surface area contributed by atoms with Gasteiger partial charge < -0.3 is 42.6 Å². The van der Waals surface area contributed by atoms with Crippen LogP contribution in [0.2, 0.25) is 0 Å². The Morgan fingerprint density at radius 2 is 1.58 bits per heavy atom. The number of allylic oxidation sites excluding steroid dienone is 2. The number of epoxide rings is 1. The lowest BCUT2D eigenvalue weighted by Crippen LogP contribution is -2.35. The summed E-state index contributed by atoms with van der Waals surface area (Å²) in [5, 5.41) is 0. The third kappa shape index (κ3) is 17.1. The molecular weight excluding hydrogens is 680 g/mol. The first kappa shape index (κ1) is 47.0. The van der Waals surface area contributed by atoms with Gasteiger partial charge in [-0.15, -0.1) is 0 Å². The van der Waals surface area contributed by atoms with E-state index in [1.54, 1.807) is 0 Å². The smallest absolute Gasteiger partial charge is 0.309 e. The minimum Gasteiger partial charge on any atom is -0.458 e. The molecule has 0 amide bonds. The maximum absolute atomic E-state index is 13.4. The molecule has 0 saturated carbocycles. The van der Waals surface area contributed by atoms with Crippen molar-refractivity contribution < 1.29 is 52.2 Å². The molecule has 1 saturated heterocycles. The zero-order valence-electron chi connectivity index (χ0n) is 35.0. The standard InChI is InChI=1S/C42H72O11/c1-14-36(50-33(11)46-16-3)30(8)41-38(51-41)26-42(13,53-34(12)47-17-4)24-18-19-28(6)40-29(7)21-23-37(48-31(9)43)27(5)20-22-35(25-39(44)52-40)49-32(10)45-15-2/h18-19,21,23-24,27,29-30,32-38,40-41H,14-17,20,22,25-26H2,1-13H3/b23-21+,24-18+,28-19+. The summed E-state index contributed by atoms with van der Waals surface area (Å²) in [7, 11) is 0. The fraction of sp³-hybridized carbons (Fsp3) is 0.810. The predicted octanol–water partition coefficient (Wildman–Crippen LogP) is 8.24. The third-order valence-corrected chi connectivity index (χ3v) is 9.92. The number of hydrogen-bond acceptors (Lipinski definition) is 11. The summed E-state index contributed by atoms with van der Waals surface area (Å²) in [6, 6.07) is 0. The van der Waals surface area contributed by atoms with Gasteiger partial charge in [0.2, 0.25) is 0 Å². The van der Waals surface area contributed by atoms with E-state index < -0.39 is 36.5 Å². The molecule has 0 N–H and O–H groups in total. The van der Waals surface area contributed by atoms with Gasteiger partial charge in [0, 0.05) is 45.0 Å². The summed E-state index contributed by atoms with van der Waals surface area (Å²) < 4.78 is 53.9. The zero-order valence-corrected chi connectivity index (χ0v) is 35.0.